The first-order valence-electron chi connectivity index (χ1n) is 10.8. The summed E-state index contributed by atoms with van der Waals surface area (Å²) in [7, 11) is 0. The van der Waals surface area contributed by atoms with E-state index in [0.29, 0.717) is 11.7 Å². The van der Waals surface area contributed by atoms with Gasteiger partial charge in [-0.3, -0.25) is 9.36 Å². The average Bonchev–Trinajstić information content (AvgIpc) is 3.59. The van der Waals surface area contributed by atoms with Gasteiger partial charge in [0.05, 0.1) is 24.6 Å². The molecule has 0 radical (unpaired) electrons. The summed E-state index contributed by atoms with van der Waals surface area (Å²) < 4.78 is 13.4. The van der Waals surface area contributed by atoms with Gasteiger partial charge in [-0.15, -0.1) is 10.2 Å². The van der Waals surface area contributed by atoms with Crippen LogP contribution in [-0.2, 0) is 11.3 Å². The summed E-state index contributed by atoms with van der Waals surface area (Å²) in [6, 6.07) is 13.4. The van der Waals surface area contributed by atoms with Crippen LogP contribution in [0.25, 0.3) is 11.0 Å². The maximum Gasteiger partial charge on any atom is 0.231 e. The van der Waals surface area contributed by atoms with Gasteiger partial charge in [0.2, 0.25) is 11.9 Å². The Bertz CT molecular complexity index is 1160. The van der Waals surface area contributed by atoms with Crippen molar-refractivity contribution in [3.8, 4) is 0 Å². The second-order valence-corrected chi connectivity index (χ2v) is 8.85. The number of furan rings is 2. The van der Waals surface area contributed by atoms with Crippen LogP contribution in [0.2, 0.25) is 0 Å². The molecular weight excluding hydrogens is 426 g/mol. The van der Waals surface area contributed by atoms with E-state index in [1.54, 1.807) is 6.26 Å². The predicted molar refractivity (Wildman–Crippen MR) is 123 cm³/mol. The van der Waals surface area contributed by atoms with Crippen LogP contribution in [0, 0.1) is 0 Å². The molecule has 0 aliphatic carbocycles. The molecule has 0 saturated carbocycles. The Labute approximate surface area is 190 Å². The van der Waals surface area contributed by atoms with Crippen molar-refractivity contribution in [2.75, 3.05) is 23.7 Å². The van der Waals surface area contributed by atoms with E-state index in [4.69, 9.17) is 8.83 Å². The molecule has 0 spiro atoms. The summed E-state index contributed by atoms with van der Waals surface area (Å²) in [5.74, 6) is 2.55. The number of hydrogen-bond acceptors (Lipinski definition) is 7. The molecule has 3 aromatic heterocycles. The number of carbonyl (C=O) groups is 1. The van der Waals surface area contributed by atoms with E-state index in [2.05, 4.69) is 20.4 Å². The van der Waals surface area contributed by atoms with Crippen LogP contribution >= 0.6 is 11.8 Å². The number of hydrogen-bond donors (Lipinski definition) is 1. The van der Waals surface area contributed by atoms with E-state index in [-0.39, 0.29) is 17.7 Å². The second kappa shape index (κ2) is 9.12. The molecule has 8 nitrogen and oxygen atoms in total. The van der Waals surface area contributed by atoms with Crippen LogP contribution < -0.4 is 10.2 Å². The molecule has 1 N–H and O–H groups in total. The molecule has 4 heterocycles. The van der Waals surface area contributed by atoms with Crippen LogP contribution in [0.3, 0.4) is 0 Å². The molecule has 1 saturated heterocycles. The lowest BCUT2D eigenvalue weighted by molar-refractivity contribution is -0.119. The summed E-state index contributed by atoms with van der Waals surface area (Å²) in [4.78, 5) is 14.9. The fourth-order valence-electron chi connectivity index (χ4n) is 3.94. The van der Waals surface area contributed by atoms with Gasteiger partial charge >= 0.3 is 0 Å². The van der Waals surface area contributed by atoms with Gasteiger partial charge in [0.25, 0.3) is 0 Å². The first-order valence-corrected chi connectivity index (χ1v) is 11.8. The van der Waals surface area contributed by atoms with Crippen molar-refractivity contribution in [1.82, 2.24) is 20.1 Å². The molecule has 1 fully saturated rings. The Morgan fingerprint density at radius 1 is 1.19 bits per heavy atom. The number of anilines is 1. The van der Waals surface area contributed by atoms with Gasteiger partial charge in [-0.25, -0.2) is 0 Å². The summed E-state index contributed by atoms with van der Waals surface area (Å²) in [6.45, 7) is 4.39. The Balaban J connectivity index is 1.25. The van der Waals surface area contributed by atoms with E-state index >= 15 is 0 Å². The van der Waals surface area contributed by atoms with E-state index in [1.807, 2.05) is 54.0 Å². The maximum absolute atomic E-state index is 12.6. The average molecular weight is 452 g/mol. The van der Waals surface area contributed by atoms with Gasteiger partial charge in [-0.2, -0.15) is 0 Å². The van der Waals surface area contributed by atoms with E-state index < -0.39 is 0 Å². The van der Waals surface area contributed by atoms with Crippen molar-refractivity contribution in [2.24, 2.45) is 0 Å². The molecule has 1 atom stereocenters. The van der Waals surface area contributed by atoms with Crippen LogP contribution in [0.4, 0.5) is 5.95 Å². The minimum absolute atomic E-state index is 0.0850. The third-order valence-corrected chi connectivity index (χ3v) is 6.53. The Morgan fingerprint density at radius 3 is 2.81 bits per heavy atom. The number of thioether (sulfide) groups is 1. The molecule has 1 aliphatic rings. The molecule has 1 unspecified atom stereocenters. The third-order valence-electron chi connectivity index (χ3n) is 5.56. The fourth-order valence-corrected chi connectivity index (χ4v) is 4.68. The first kappa shape index (κ1) is 20.7. The summed E-state index contributed by atoms with van der Waals surface area (Å²) >= 11 is 1.38. The zero-order valence-electron chi connectivity index (χ0n) is 17.9. The normalized spacial score (nSPS) is 14.8. The van der Waals surface area contributed by atoms with Crippen molar-refractivity contribution in [3.63, 3.8) is 0 Å². The predicted octanol–water partition coefficient (Wildman–Crippen LogP) is 4.24. The summed E-state index contributed by atoms with van der Waals surface area (Å²) in [5.41, 5.74) is 0.818. The molecule has 4 aromatic rings. The molecule has 166 valence electrons. The highest BCUT2D eigenvalue weighted by atomic mass is 32.2. The molecule has 32 heavy (non-hydrogen) atoms. The number of para-hydroxylation sites is 1. The zero-order valence-corrected chi connectivity index (χ0v) is 18.7. The maximum atomic E-state index is 12.6. The van der Waals surface area contributed by atoms with E-state index in [0.717, 1.165) is 54.4 Å². The molecular formula is C23H25N5O3S. The van der Waals surface area contributed by atoms with Gasteiger partial charge in [0.15, 0.2) is 5.16 Å². The molecule has 9 heteroatoms. The number of aromatic nitrogens is 3. The van der Waals surface area contributed by atoms with Crippen LogP contribution in [-0.4, -0.2) is 39.5 Å². The fraction of sp³-hybridized carbons (Fsp3) is 0.348. The van der Waals surface area contributed by atoms with Crippen LogP contribution in [0.15, 0.2) is 62.7 Å². The topological polar surface area (TPSA) is 89.3 Å². The third kappa shape index (κ3) is 4.38. The quantitative estimate of drug-likeness (QED) is 0.401. The summed E-state index contributed by atoms with van der Waals surface area (Å²) in [6.07, 6.45) is 3.96. The van der Waals surface area contributed by atoms with Crippen molar-refractivity contribution >= 4 is 34.6 Å². The SMILES string of the molecule is CC(NC(=O)CSc1nnc(N2CCCC2)n1Cc1ccco1)c1cc2ccccc2o1. The van der Waals surface area contributed by atoms with E-state index in [9.17, 15) is 4.79 Å². The van der Waals surface area contributed by atoms with Crippen molar-refractivity contribution in [1.29, 1.82) is 0 Å². The number of nitrogens with one attached hydrogen (secondary N) is 1. The van der Waals surface area contributed by atoms with Gasteiger partial charge in [-0.1, -0.05) is 30.0 Å². The van der Waals surface area contributed by atoms with Crippen molar-refractivity contribution < 1.29 is 13.6 Å². The lowest BCUT2D eigenvalue weighted by Crippen LogP contribution is -2.28. The van der Waals surface area contributed by atoms with Crippen LogP contribution in [0.1, 0.15) is 37.3 Å². The number of fused-ring (bicyclic) bond motifs is 1. The highest BCUT2D eigenvalue weighted by molar-refractivity contribution is 7.99. The number of nitrogens with zero attached hydrogens (tertiary/aromatic N) is 4. The van der Waals surface area contributed by atoms with Gasteiger partial charge < -0.3 is 19.1 Å². The minimum atomic E-state index is -0.225. The lowest BCUT2D eigenvalue weighted by Gasteiger charge is -2.17. The number of carbonyl (C=O) groups excluding carboxylic acids is 1. The zero-order chi connectivity index (χ0) is 21.9. The van der Waals surface area contributed by atoms with Gasteiger partial charge in [0, 0.05) is 18.5 Å². The molecule has 1 aliphatic heterocycles. The molecule has 0 bridgehead atoms. The van der Waals surface area contributed by atoms with Gasteiger partial charge in [0.1, 0.15) is 17.1 Å². The molecule has 5 rings (SSSR count). The molecule has 1 amide bonds. The van der Waals surface area contributed by atoms with E-state index in [1.165, 1.54) is 11.8 Å². The highest BCUT2D eigenvalue weighted by Gasteiger charge is 2.23. The Hall–Kier alpha value is -3.20. The summed E-state index contributed by atoms with van der Waals surface area (Å²) in [5, 5.41) is 13.5. The molecule has 1 aromatic carbocycles. The number of benzene rings is 1. The number of rotatable bonds is 8. The Kier molecular flexibility index (Phi) is 5.89. The van der Waals surface area contributed by atoms with Crippen molar-refractivity contribution in [3.05, 3.63) is 60.2 Å². The standard InChI is InChI=1S/C23H25N5O3S/c1-16(20-13-17-7-2-3-9-19(17)31-20)24-21(29)15-32-23-26-25-22(27-10-4-5-11-27)28(23)14-18-8-6-12-30-18/h2-3,6-9,12-13,16H,4-5,10-11,14-15H2,1H3,(H,24,29). The largest absolute Gasteiger partial charge is 0.467 e. The van der Waals surface area contributed by atoms with Gasteiger partial charge in [-0.05, 0) is 44.0 Å². The number of amides is 1. The highest BCUT2D eigenvalue weighted by Crippen LogP contribution is 2.27. The monoisotopic (exact) mass is 451 g/mol. The smallest absolute Gasteiger partial charge is 0.231 e. The second-order valence-electron chi connectivity index (χ2n) is 7.91. The van der Waals surface area contributed by atoms with Crippen molar-refractivity contribution in [2.45, 2.75) is 37.5 Å². The lowest BCUT2D eigenvalue weighted by atomic mass is 10.2. The van der Waals surface area contributed by atoms with Crippen LogP contribution in [0.5, 0.6) is 0 Å². The minimum Gasteiger partial charge on any atom is -0.467 e. The Morgan fingerprint density at radius 2 is 2.03 bits per heavy atom. The first-order chi connectivity index (χ1) is 15.7.